The largest absolute Gasteiger partial charge is 0.355 e. The number of hydrogen-bond acceptors (Lipinski definition) is 5. The van der Waals surface area contributed by atoms with Crippen LogP contribution in [0, 0.1) is 12.8 Å². The van der Waals surface area contributed by atoms with E-state index in [-0.39, 0.29) is 35.3 Å². The maximum Gasteiger partial charge on any atom is 0.243 e. The Labute approximate surface area is 197 Å². The average Bonchev–Trinajstić information content (AvgIpc) is 2.77. The molecule has 1 amide bonds. The van der Waals surface area contributed by atoms with Crippen LogP contribution in [0.25, 0.3) is 0 Å². The minimum absolute atomic E-state index is 0.0373. The van der Waals surface area contributed by atoms with Gasteiger partial charge < -0.3 is 5.32 Å². The molecule has 2 N–H and O–H groups in total. The Morgan fingerprint density at radius 1 is 1.00 bits per heavy atom. The lowest BCUT2D eigenvalue weighted by Crippen LogP contribution is -2.46. The number of nitrogens with one attached hydrogen (secondary N) is 2. The monoisotopic (exact) mass is 543 g/mol. The molecule has 1 unspecified atom stereocenters. The Kier molecular flexibility index (Phi) is 8.10. The fourth-order valence-electron chi connectivity index (χ4n) is 3.45. The molecule has 0 aliphatic carbocycles. The minimum atomic E-state index is -3.68. The lowest BCUT2D eigenvalue weighted by Gasteiger charge is -2.31. The quantitative estimate of drug-likeness (QED) is 0.496. The van der Waals surface area contributed by atoms with Gasteiger partial charge in [0.05, 0.1) is 15.7 Å². The lowest BCUT2D eigenvalue weighted by atomic mass is 9.99. The van der Waals surface area contributed by atoms with Gasteiger partial charge in [0, 0.05) is 30.7 Å². The molecule has 1 heterocycles. The van der Waals surface area contributed by atoms with Crippen molar-refractivity contribution in [1.29, 1.82) is 0 Å². The van der Waals surface area contributed by atoms with Gasteiger partial charge in [-0.2, -0.15) is 4.31 Å². The first-order valence-corrected chi connectivity index (χ1v) is 13.9. The number of carbonyl (C=O) groups excluding carboxylic acids is 1. The van der Waals surface area contributed by atoms with Crippen LogP contribution in [0.3, 0.4) is 0 Å². The van der Waals surface area contributed by atoms with Gasteiger partial charge >= 0.3 is 0 Å². The zero-order chi connectivity index (χ0) is 23.4. The number of amides is 1. The second-order valence-corrected chi connectivity index (χ2v) is 12.3. The van der Waals surface area contributed by atoms with Gasteiger partial charge in [0.2, 0.25) is 26.0 Å². The van der Waals surface area contributed by atoms with Crippen molar-refractivity contribution in [2.24, 2.45) is 5.92 Å². The third-order valence-electron chi connectivity index (χ3n) is 5.25. The molecule has 1 saturated heterocycles. The summed E-state index contributed by atoms with van der Waals surface area (Å²) in [4.78, 5) is 12.9. The van der Waals surface area contributed by atoms with Crippen LogP contribution < -0.4 is 10.0 Å². The van der Waals surface area contributed by atoms with Gasteiger partial charge in [0.15, 0.2) is 0 Å². The Bertz CT molecular complexity index is 1150. The van der Waals surface area contributed by atoms with Crippen molar-refractivity contribution in [2.75, 3.05) is 26.2 Å². The summed E-state index contributed by atoms with van der Waals surface area (Å²) in [7, 11) is -7.34. The smallest absolute Gasteiger partial charge is 0.243 e. The van der Waals surface area contributed by atoms with Crippen molar-refractivity contribution >= 4 is 41.9 Å². The second-order valence-electron chi connectivity index (χ2n) is 7.66. The number of benzene rings is 2. The van der Waals surface area contributed by atoms with Gasteiger partial charge in [-0.3, -0.25) is 4.79 Å². The van der Waals surface area contributed by atoms with Gasteiger partial charge in [0.1, 0.15) is 0 Å². The SMILES string of the molecule is Cc1ccc(S(=O)(=O)NCCNC(=O)C2CCCN(S(=O)(=O)c3ccc(Br)cc3)C2)cc1. The number of piperidine rings is 1. The summed E-state index contributed by atoms with van der Waals surface area (Å²) in [5.41, 5.74) is 0.958. The van der Waals surface area contributed by atoms with Gasteiger partial charge in [-0.15, -0.1) is 0 Å². The fourth-order valence-corrected chi connectivity index (χ4v) is 6.27. The van der Waals surface area contributed by atoms with Gasteiger partial charge in [-0.05, 0) is 56.2 Å². The molecular weight excluding hydrogens is 518 g/mol. The van der Waals surface area contributed by atoms with E-state index in [4.69, 9.17) is 0 Å². The Balaban J connectivity index is 1.52. The number of rotatable bonds is 8. The first kappa shape index (κ1) is 24.8. The van der Waals surface area contributed by atoms with Gasteiger partial charge in [0.25, 0.3) is 0 Å². The van der Waals surface area contributed by atoms with Gasteiger partial charge in [-0.25, -0.2) is 21.6 Å². The van der Waals surface area contributed by atoms with Crippen LogP contribution in [0.1, 0.15) is 18.4 Å². The summed E-state index contributed by atoms with van der Waals surface area (Å²) in [5, 5.41) is 2.71. The number of halogens is 1. The molecule has 174 valence electrons. The third-order valence-corrected chi connectivity index (χ3v) is 9.14. The van der Waals surface area contributed by atoms with Crippen LogP contribution in [0.2, 0.25) is 0 Å². The van der Waals surface area contributed by atoms with E-state index in [9.17, 15) is 21.6 Å². The Morgan fingerprint density at radius 2 is 1.62 bits per heavy atom. The molecule has 32 heavy (non-hydrogen) atoms. The second kappa shape index (κ2) is 10.4. The van der Waals surface area contributed by atoms with Crippen LogP contribution in [-0.2, 0) is 24.8 Å². The van der Waals surface area contributed by atoms with Crippen molar-refractivity contribution in [1.82, 2.24) is 14.3 Å². The molecule has 0 spiro atoms. The van der Waals surface area contributed by atoms with E-state index < -0.39 is 26.0 Å². The van der Waals surface area contributed by atoms with E-state index >= 15 is 0 Å². The van der Waals surface area contributed by atoms with Crippen LogP contribution in [0.5, 0.6) is 0 Å². The fraction of sp³-hybridized carbons (Fsp3) is 0.381. The highest BCUT2D eigenvalue weighted by Gasteiger charge is 2.33. The predicted molar refractivity (Wildman–Crippen MR) is 125 cm³/mol. The molecule has 1 atom stereocenters. The standard InChI is InChI=1S/C21H26BrN3O5S2/c1-16-4-8-19(9-5-16)31(27,28)24-13-12-23-21(26)17-3-2-14-25(15-17)32(29,30)20-10-6-18(22)7-11-20/h4-11,17,24H,2-3,12-15H2,1H3,(H,23,26). The van der Waals surface area contributed by atoms with Crippen molar-refractivity contribution < 1.29 is 21.6 Å². The van der Waals surface area contributed by atoms with Crippen molar-refractivity contribution in [3.63, 3.8) is 0 Å². The molecule has 0 saturated carbocycles. The van der Waals surface area contributed by atoms with Crippen LogP contribution in [-0.4, -0.2) is 53.2 Å². The maximum absolute atomic E-state index is 12.9. The topological polar surface area (TPSA) is 113 Å². The Hall–Kier alpha value is -1.79. The van der Waals surface area contributed by atoms with Crippen LogP contribution >= 0.6 is 15.9 Å². The molecule has 2 aromatic carbocycles. The highest BCUT2D eigenvalue weighted by atomic mass is 79.9. The number of nitrogens with zero attached hydrogens (tertiary/aromatic N) is 1. The molecule has 8 nitrogen and oxygen atoms in total. The zero-order valence-corrected chi connectivity index (χ0v) is 20.8. The number of aryl methyl sites for hydroxylation is 1. The number of hydrogen-bond donors (Lipinski definition) is 2. The van der Waals surface area contributed by atoms with E-state index in [0.717, 1.165) is 10.0 Å². The van der Waals surface area contributed by atoms with E-state index in [1.165, 1.54) is 28.6 Å². The summed E-state index contributed by atoms with van der Waals surface area (Å²) in [6, 6.07) is 12.9. The normalized spacial score (nSPS) is 17.8. The van der Waals surface area contributed by atoms with Crippen molar-refractivity contribution in [3.05, 3.63) is 58.6 Å². The first-order chi connectivity index (χ1) is 15.1. The highest BCUT2D eigenvalue weighted by Crippen LogP contribution is 2.25. The Morgan fingerprint density at radius 3 is 2.28 bits per heavy atom. The molecule has 3 rings (SSSR count). The van der Waals surface area contributed by atoms with E-state index in [2.05, 4.69) is 26.0 Å². The van der Waals surface area contributed by atoms with Crippen molar-refractivity contribution in [2.45, 2.75) is 29.6 Å². The summed E-state index contributed by atoms with van der Waals surface area (Å²) < 4.78 is 55.0. The molecule has 0 aromatic heterocycles. The molecule has 2 aromatic rings. The summed E-state index contributed by atoms with van der Waals surface area (Å²) in [6.07, 6.45) is 1.15. The number of carbonyl (C=O) groups is 1. The molecule has 1 aliphatic rings. The third kappa shape index (κ3) is 6.16. The van der Waals surface area contributed by atoms with Crippen LogP contribution in [0.15, 0.2) is 62.8 Å². The summed E-state index contributed by atoms with van der Waals surface area (Å²) >= 11 is 3.29. The predicted octanol–water partition coefficient (Wildman–Crippen LogP) is 2.25. The van der Waals surface area contributed by atoms with E-state index in [0.29, 0.717) is 19.4 Å². The number of sulfonamides is 2. The molecule has 11 heteroatoms. The zero-order valence-electron chi connectivity index (χ0n) is 17.6. The molecule has 0 radical (unpaired) electrons. The lowest BCUT2D eigenvalue weighted by molar-refractivity contribution is -0.126. The maximum atomic E-state index is 12.9. The molecule has 1 fully saturated rings. The summed E-state index contributed by atoms with van der Waals surface area (Å²) in [5.74, 6) is -0.766. The first-order valence-electron chi connectivity index (χ1n) is 10.2. The highest BCUT2D eigenvalue weighted by molar-refractivity contribution is 9.10. The minimum Gasteiger partial charge on any atom is -0.355 e. The summed E-state index contributed by atoms with van der Waals surface area (Å²) in [6.45, 7) is 2.48. The van der Waals surface area contributed by atoms with E-state index in [1.54, 1.807) is 24.3 Å². The molecule has 1 aliphatic heterocycles. The van der Waals surface area contributed by atoms with Crippen LogP contribution in [0.4, 0.5) is 0 Å². The average molecular weight is 544 g/mol. The van der Waals surface area contributed by atoms with Gasteiger partial charge in [-0.1, -0.05) is 33.6 Å². The van der Waals surface area contributed by atoms with Crippen molar-refractivity contribution in [3.8, 4) is 0 Å². The molecule has 0 bridgehead atoms. The molecular formula is C21H26BrN3O5S2. The van der Waals surface area contributed by atoms with E-state index in [1.807, 2.05) is 6.92 Å².